The molecule has 0 unspecified atom stereocenters. The molecule has 5 rings (SSSR count). The van der Waals surface area contributed by atoms with Crippen LogP contribution < -0.4 is 0 Å². The Morgan fingerprint density at radius 1 is 0.943 bits per heavy atom. The van der Waals surface area contributed by atoms with Gasteiger partial charge >= 0.3 is 0 Å². The van der Waals surface area contributed by atoms with Crippen LogP contribution in [0.1, 0.15) is 46.5 Å². The van der Waals surface area contributed by atoms with Gasteiger partial charge < -0.3 is 5.11 Å². The Morgan fingerprint density at radius 2 is 1.63 bits per heavy atom. The molecule has 4 aromatic rings. The van der Waals surface area contributed by atoms with Gasteiger partial charge in [0.05, 0.1) is 11.3 Å². The van der Waals surface area contributed by atoms with Gasteiger partial charge in [0.15, 0.2) is 11.6 Å². The van der Waals surface area contributed by atoms with Gasteiger partial charge in [0.2, 0.25) is 0 Å². The largest absolute Gasteiger partial charge is 0.512 e. The topological polar surface area (TPSA) is 67.3 Å². The van der Waals surface area contributed by atoms with Crippen molar-refractivity contribution >= 4 is 22.5 Å². The number of ketones is 2. The van der Waals surface area contributed by atoms with Crippen molar-refractivity contribution in [2.45, 2.75) is 34.6 Å². The second kappa shape index (κ2) is 10.5. The number of aliphatic hydroxyl groups excluding tert-OH is 1. The minimum Gasteiger partial charge on any atom is -0.512 e. The van der Waals surface area contributed by atoms with Gasteiger partial charge in [-0.2, -0.15) is 0 Å². The third kappa shape index (κ3) is 5.32. The first-order valence-electron chi connectivity index (χ1n) is 11.1. The molecular formula is C30H26IrNO3-. The zero-order chi connectivity index (χ0) is 24.6. The fraction of sp³-hybridized carbons (Fsp3) is 0.167. The van der Waals surface area contributed by atoms with Crippen LogP contribution in [-0.4, -0.2) is 21.7 Å². The van der Waals surface area contributed by atoms with E-state index in [1.165, 1.54) is 25.5 Å². The summed E-state index contributed by atoms with van der Waals surface area (Å²) in [7, 11) is 0. The maximum Gasteiger partial charge on any atom is 0.194 e. The Hall–Kier alpha value is -3.40. The number of aromatic nitrogens is 1. The molecular weight excluding hydrogens is 615 g/mol. The van der Waals surface area contributed by atoms with E-state index < -0.39 is 0 Å². The molecule has 0 saturated carbocycles. The summed E-state index contributed by atoms with van der Waals surface area (Å²) >= 11 is 0. The fourth-order valence-electron chi connectivity index (χ4n) is 4.50. The van der Waals surface area contributed by atoms with Gasteiger partial charge in [-0.3, -0.25) is 14.6 Å². The number of rotatable bonds is 2. The number of allylic oxidation sites excluding steroid dienone is 2. The van der Waals surface area contributed by atoms with Gasteiger partial charge in [-0.05, 0) is 49.2 Å². The fourth-order valence-corrected chi connectivity index (χ4v) is 4.50. The van der Waals surface area contributed by atoms with Crippen LogP contribution in [-0.2, 0) is 24.9 Å². The van der Waals surface area contributed by atoms with Crippen molar-refractivity contribution < 1.29 is 34.8 Å². The van der Waals surface area contributed by atoms with Crippen LogP contribution >= 0.6 is 0 Å². The van der Waals surface area contributed by atoms with Crippen molar-refractivity contribution in [3.63, 3.8) is 0 Å². The summed E-state index contributed by atoms with van der Waals surface area (Å²) in [6, 6.07) is 21.5. The predicted molar refractivity (Wildman–Crippen MR) is 136 cm³/mol. The summed E-state index contributed by atoms with van der Waals surface area (Å²) in [5, 5.41) is 9.32. The number of aryl methyl sites for hydroxylation is 3. The quantitative estimate of drug-likeness (QED) is 0.130. The maximum absolute atomic E-state index is 13.1. The molecule has 0 bridgehead atoms. The third-order valence-corrected chi connectivity index (χ3v) is 5.70. The average Bonchev–Trinajstić information content (AvgIpc) is 2.75. The molecule has 3 aromatic carbocycles. The molecule has 0 amide bonds. The Kier molecular flexibility index (Phi) is 7.84. The van der Waals surface area contributed by atoms with E-state index >= 15 is 0 Å². The first kappa shape index (κ1) is 26.2. The smallest absolute Gasteiger partial charge is 0.194 e. The van der Waals surface area contributed by atoms with Gasteiger partial charge in [-0.15, -0.1) is 34.9 Å². The number of nitrogens with zero attached hydrogens (tertiary/aromatic N) is 1. The molecule has 0 spiro atoms. The van der Waals surface area contributed by atoms with E-state index in [4.69, 9.17) is 10.1 Å². The Morgan fingerprint density at radius 3 is 2.26 bits per heavy atom. The molecule has 0 saturated heterocycles. The molecule has 1 N–H and O–H groups in total. The first-order valence-corrected chi connectivity index (χ1v) is 11.1. The van der Waals surface area contributed by atoms with Crippen molar-refractivity contribution in [3.8, 4) is 22.4 Å². The third-order valence-electron chi connectivity index (χ3n) is 5.70. The van der Waals surface area contributed by atoms with Crippen LogP contribution in [0.4, 0.5) is 0 Å². The second-order valence-corrected chi connectivity index (χ2v) is 8.73. The van der Waals surface area contributed by atoms with Crippen LogP contribution in [0.15, 0.2) is 66.4 Å². The number of hydrogen-bond acceptors (Lipinski definition) is 4. The Labute approximate surface area is 219 Å². The van der Waals surface area contributed by atoms with E-state index in [2.05, 4.69) is 51.1 Å². The Balaban J connectivity index is 0.000000378. The molecule has 179 valence electrons. The summed E-state index contributed by atoms with van der Waals surface area (Å²) in [6.07, 6.45) is 1.17. The summed E-state index contributed by atoms with van der Waals surface area (Å²) < 4.78 is 0. The van der Waals surface area contributed by atoms with Crippen molar-refractivity contribution in [2.75, 3.05) is 0 Å². The van der Waals surface area contributed by atoms with E-state index in [1.807, 2.05) is 30.3 Å². The molecule has 0 fully saturated rings. The normalized spacial score (nSPS) is 11.8. The minimum atomic E-state index is -0.125. The van der Waals surface area contributed by atoms with E-state index in [1.54, 1.807) is 0 Å². The van der Waals surface area contributed by atoms with Crippen LogP contribution in [0, 0.1) is 26.8 Å². The van der Waals surface area contributed by atoms with Crippen molar-refractivity contribution in [1.82, 2.24) is 4.98 Å². The molecule has 0 atom stereocenters. The maximum atomic E-state index is 13.1. The number of aliphatic hydroxyl groups is 1. The van der Waals surface area contributed by atoms with Crippen LogP contribution in [0.2, 0.25) is 0 Å². The average molecular weight is 641 g/mol. The van der Waals surface area contributed by atoms with E-state index in [9.17, 15) is 9.59 Å². The number of pyridine rings is 1. The molecule has 4 nitrogen and oxygen atoms in total. The van der Waals surface area contributed by atoms with Gasteiger partial charge in [0, 0.05) is 42.7 Å². The molecule has 1 aromatic heterocycles. The number of benzene rings is 3. The summed E-state index contributed by atoms with van der Waals surface area (Å²) in [5.41, 5.74) is 9.77. The van der Waals surface area contributed by atoms with Crippen molar-refractivity contribution in [3.05, 3.63) is 100 Å². The molecule has 1 heterocycles. The zero-order valence-corrected chi connectivity index (χ0v) is 22.7. The van der Waals surface area contributed by atoms with Gasteiger partial charge in [0.25, 0.3) is 0 Å². The predicted octanol–water partition coefficient (Wildman–Crippen LogP) is 6.87. The molecule has 35 heavy (non-hydrogen) atoms. The number of fused-ring (bicyclic) bond motifs is 2. The van der Waals surface area contributed by atoms with Crippen LogP contribution in [0.25, 0.3) is 33.3 Å². The second-order valence-electron chi connectivity index (χ2n) is 8.73. The minimum absolute atomic E-state index is 0. The summed E-state index contributed by atoms with van der Waals surface area (Å²) in [4.78, 5) is 28.0. The number of carbonyl (C=O) groups excluding carboxylic acids is 2. The molecule has 1 aliphatic rings. The number of hydrogen-bond donors (Lipinski definition) is 1. The van der Waals surface area contributed by atoms with E-state index in [0.717, 1.165) is 55.5 Å². The zero-order valence-electron chi connectivity index (χ0n) is 20.3. The monoisotopic (exact) mass is 641 g/mol. The number of carbonyl (C=O) groups is 2. The van der Waals surface area contributed by atoms with Crippen molar-refractivity contribution in [2.24, 2.45) is 0 Å². The summed E-state index contributed by atoms with van der Waals surface area (Å²) in [5.74, 6) is 0.0202. The molecule has 1 aliphatic carbocycles. The van der Waals surface area contributed by atoms with E-state index in [0.29, 0.717) is 0 Å². The Bertz CT molecular complexity index is 1480. The molecule has 0 aliphatic heterocycles. The van der Waals surface area contributed by atoms with Crippen molar-refractivity contribution in [1.29, 1.82) is 0 Å². The molecule has 1 radical (unpaired) electrons. The SMILES string of the molecule is CC(=O)/C=C(/C)O.Cc1[c-]c(-c2cc3c4c(cccc4n2)C(=O)c2cccc(C)c2-3)cc(C)c1.[Ir]. The van der Waals surface area contributed by atoms with Crippen LogP contribution in [0.5, 0.6) is 0 Å². The molecule has 5 heteroatoms. The first-order chi connectivity index (χ1) is 16.2. The summed E-state index contributed by atoms with van der Waals surface area (Å²) in [6.45, 7) is 9.06. The van der Waals surface area contributed by atoms with Crippen LogP contribution in [0.3, 0.4) is 0 Å². The van der Waals surface area contributed by atoms with Gasteiger partial charge in [-0.25, -0.2) is 0 Å². The van der Waals surface area contributed by atoms with E-state index in [-0.39, 0.29) is 37.4 Å². The van der Waals surface area contributed by atoms with Gasteiger partial charge in [0.1, 0.15) is 0 Å². The standard InChI is InChI=1S/C25H18NO.C5H8O2.Ir/c1-14-10-15(2)12-17(11-14)22-13-20-23-16(3)6-4-7-18(23)25(27)19-8-5-9-21(26-22)24(19)20;1-4(6)3-5(2)7;/h4-11,13H,1-3H3;3,6H,1-2H3;/q-1;;/b;4-3-;. The van der Waals surface area contributed by atoms with Gasteiger partial charge in [-0.1, -0.05) is 50.2 Å².